The zero-order valence-electron chi connectivity index (χ0n) is 13.5. The second kappa shape index (κ2) is 5.88. The molecule has 0 heterocycles. The van der Waals surface area contributed by atoms with Gasteiger partial charge in [-0.3, -0.25) is 4.79 Å². The number of primary amides is 1. The van der Waals surface area contributed by atoms with Crippen molar-refractivity contribution < 1.29 is 4.79 Å². The van der Waals surface area contributed by atoms with Gasteiger partial charge in [-0.15, -0.1) is 0 Å². The zero-order chi connectivity index (χ0) is 15.6. The van der Waals surface area contributed by atoms with Crippen LogP contribution < -0.4 is 5.73 Å². The van der Waals surface area contributed by atoms with Crippen molar-refractivity contribution in [1.82, 2.24) is 0 Å². The van der Waals surface area contributed by atoms with Gasteiger partial charge in [-0.1, -0.05) is 44.6 Å². The van der Waals surface area contributed by atoms with Crippen LogP contribution in [0.3, 0.4) is 0 Å². The predicted molar refractivity (Wildman–Crippen MR) is 88.9 cm³/mol. The number of allylic oxidation sites excluding steroid dienone is 3. The van der Waals surface area contributed by atoms with Gasteiger partial charge in [0.15, 0.2) is 0 Å². The molecule has 1 amide bonds. The fraction of sp³-hybridized carbons (Fsp3) is 0.421. The van der Waals surface area contributed by atoms with Crippen molar-refractivity contribution in [2.45, 2.75) is 47.0 Å². The third kappa shape index (κ3) is 3.26. The number of benzene rings is 1. The molecule has 1 aromatic carbocycles. The molecule has 0 spiro atoms. The van der Waals surface area contributed by atoms with Crippen LogP contribution in [0.1, 0.15) is 62.9 Å². The van der Waals surface area contributed by atoms with Crippen molar-refractivity contribution in [3.63, 3.8) is 0 Å². The molecule has 0 saturated carbocycles. The van der Waals surface area contributed by atoms with E-state index in [1.54, 1.807) is 17.7 Å². The SMILES string of the molecule is CCC1=C(C)/C(=C/c2ccc(C(N)=O)cc2)CCC1(C)C. The van der Waals surface area contributed by atoms with Crippen LogP contribution in [0, 0.1) is 5.41 Å². The number of nitrogens with two attached hydrogens (primary N) is 1. The molecule has 0 aliphatic heterocycles. The smallest absolute Gasteiger partial charge is 0.248 e. The summed E-state index contributed by atoms with van der Waals surface area (Å²) >= 11 is 0. The number of carbonyl (C=O) groups excluding carboxylic acids is 1. The molecule has 0 fully saturated rings. The molecule has 0 radical (unpaired) electrons. The van der Waals surface area contributed by atoms with Crippen molar-refractivity contribution >= 4 is 12.0 Å². The Labute approximate surface area is 127 Å². The minimum absolute atomic E-state index is 0.312. The lowest BCUT2D eigenvalue weighted by Crippen LogP contribution is -2.21. The highest BCUT2D eigenvalue weighted by molar-refractivity contribution is 5.92. The summed E-state index contributed by atoms with van der Waals surface area (Å²) in [4.78, 5) is 11.1. The van der Waals surface area contributed by atoms with E-state index in [0.717, 1.165) is 18.4 Å². The summed E-state index contributed by atoms with van der Waals surface area (Å²) < 4.78 is 0. The Morgan fingerprint density at radius 3 is 2.43 bits per heavy atom. The first-order valence-electron chi connectivity index (χ1n) is 7.66. The molecule has 0 saturated heterocycles. The molecule has 0 aromatic heterocycles. The van der Waals surface area contributed by atoms with Crippen LogP contribution in [-0.4, -0.2) is 5.91 Å². The van der Waals surface area contributed by atoms with Gasteiger partial charge < -0.3 is 5.73 Å². The highest BCUT2D eigenvalue weighted by Crippen LogP contribution is 2.44. The quantitative estimate of drug-likeness (QED) is 0.857. The van der Waals surface area contributed by atoms with Gasteiger partial charge in [0.1, 0.15) is 0 Å². The molecule has 0 atom stereocenters. The molecular formula is C19H25NO. The summed E-state index contributed by atoms with van der Waals surface area (Å²) in [6.07, 6.45) is 5.65. The molecule has 2 rings (SSSR count). The van der Waals surface area contributed by atoms with E-state index < -0.39 is 0 Å². The number of rotatable bonds is 3. The second-order valence-corrected chi connectivity index (χ2v) is 6.50. The minimum Gasteiger partial charge on any atom is -0.366 e. The average Bonchev–Trinajstić information content (AvgIpc) is 2.43. The molecule has 0 bridgehead atoms. The maximum Gasteiger partial charge on any atom is 0.248 e. The maximum absolute atomic E-state index is 11.1. The van der Waals surface area contributed by atoms with Gasteiger partial charge in [-0.25, -0.2) is 0 Å². The lowest BCUT2D eigenvalue weighted by atomic mass is 9.70. The van der Waals surface area contributed by atoms with Crippen LogP contribution in [0.2, 0.25) is 0 Å². The van der Waals surface area contributed by atoms with E-state index in [-0.39, 0.29) is 5.91 Å². The van der Waals surface area contributed by atoms with Gasteiger partial charge in [-0.05, 0) is 60.4 Å². The summed E-state index contributed by atoms with van der Waals surface area (Å²) in [6.45, 7) is 9.16. The standard InChI is InChI=1S/C19H25NO/c1-5-17-13(2)16(10-11-19(17,3)4)12-14-6-8-15(9-7-14)18(20)21/h6-9,12H,5,10-11H2,1-4H3,(H2,20,21)/b16-12+. The molecule has 2 N–H and O–H groups in total. The summed E-state index contributed by atoms with van der Waals surface area (Å²) in [6, 6.07) is 7.51. The van der Waals surface area contributed by atoms with Gasteiger partial charge in [0, 0.05) is 5.56 Å². The molecular weight excluding hydrogens is 258 g/mol. The molecule has 1 aromatic rings. The lowest BCUT2D eigenvalue weighted by Gasteiger charge is -2.35. The van der Waals surface area contributed by atoms with Gasteiger partial charge in [0.2, 0.25) is 5.91 Å². The molecule has 2 heteroatoms. The van der Waals surface area contributed by atoms with Crippen LogP contribution in [-0.2, 0) is 0 Å². The predicted octanol–water partition coefficient (Wildman–Crippen LogP) is 4.72. The van der Waals surface area contributed by atoms with Crippen molar-refractivity contribution in [1.29, 1.82) is 0 Å². The Bertz CT molecular complexity index is 603. The Balaban J connectivity index is 2.35. The Morgan fingerprint density at radius 2 is 1.90 bits per heavy atom. The van der Waals surface area contributed by atoms with Gasteiger partial charge >= 0.3 is 0 Å². The maximum atomic E-state index is 11.1. The lowest BCUT2D eigenvalue weighted by molar-refractivity contribution is 0.100. The van der Waals surface area contributed by atoms with Gasteiger partial charge in [0.05, 0.1) is 0 Å². The number of carbonyl (C=O) groups is 1. The number of hydrogen-bond donors (Lipinski definition) is 1. The first kappa shape index (κ1) is 15.6. The van der Waals surface area contributed by atoms with Crippen molar-refractivity contribution in [3.8, 4) is 0 Å². The van der Waals surface area contributed by atoms with Crippen LogP contribution in [0.15, 0.2) is 41.0 Å². The Kier molecular flexibility index (Phi) is 4.36. The van der Waals surface area contributed by atoms with Crippen molar-refractivity contribution in [2.24, 2.45) is 11.1 Å². The Morgan fingerprint density at radius 1 is 1.29 bits per heavy atom. The molecule has 0 unspecified atom stereocenters. The molecule has 21 heavy (non-hydrogen) atoms. The number of hydrogen-bond acceptors (Lipinski definition) is 1. The normalized spacial score (nSPS) is 19.9. The van der Waals surface area contributed by atoms with Gasteiger partial charge in [-0.2, -0.15) is 0 Å². The first-order valence-corrected chi connectivity index (χ1v) is 7.66. The fourth-order valence-electron chi connectivity index (χ4n) is 3.36. The van der Waals surface area contributed by atoms with E-state index in [4.69, 9.17) is 5.73 Å². The summed E-state index contributed by atoms with van der Waals surface area (Å²) in [5.41, 5.74) is 11.7. The summed E-state index contributed by atoms with van der Waals surface area (Å²) in [5, 5.41) is 0. The third-order valence-corrected chi connectivity index (χ3v) is 4.66. The van der Waals surface area contributed by atoms with E-state index in [2.05, 4.69) is 33.8 Å². The first-order chi connectivity index (χ1) is 9.85. The van der Waals surface area contributed by atoms with E-state index in [1.165, 1.54) is 17.6 Å². The van der Waals surface area contributed by atoms with Crippen LogP contribution in [0.25, 0.3) is 6.08 Å². The van der Waals surface area contributed by atoms with Crippen molar-refractivity contribution in [2.75, 3.05) is 0 Å². The average molecular weight is 283 g/mol. The highest BCUT2D eigenvalue weighted by Gasteiger charge is 2.29. The molecule has 1 aliphatic carbocycles. The monoisotopic (exact) mass is 283 g/mol. The highest BCUT2D eigenvalue weighted by atomic mass is 16.1. The van der Waals surface area contributed by atoms with E-state index in [0.29, 0.717) is 11.0 Å². The van der Waals surface area contributed by atoms with E-state index >= 15 is 0 Å². The number of amides is 1. The van der Waals surface area contributed by atoms with Crippen LogP contribution in [0.4, 0.5) is 0 Å². The fourth-order valence-corrected chi connectivity index (χ4v) is 3.36. The van der Waals surface area contributed by atoms with Gasteiger partial charge in [0.25, 0.3) is 0 Å². The summed E-state index contributed by atoms with van der Waals surface area (Å²) in [5.74, 6) is -0.377. The second-order valence-electron chi connectivity index (χ2n) is 6.50. The summed E-state index contributed by atoms with van der Waals surface area (Å²) in [7, 11) is 0. The molecule has 1 aliphatic rings. The largest absolute Gasteiger partial charge is 0.366 e. The van der Waals surface area contributed by atoms with E-state index in [9.17, 15) is 4.79 Å². The topological polar surface area (TPSA) is 43.1 Å². The van der Waals surface area contributed by atoms with Crippen LogP contribution in [0.5, 0.6) is 0 Å². The minimum atomic E-state index is -0.377. The molecule has 112 valence electrons. The van der Waals surface area contributed by atoms with E-state index in [1.807, 2.05) is 12.1 Å². The zero-order valence-corrected chi connectivity index (χ0v) is 13.5. The molecule has 2 nitrogen and oxygen atoms in total. The van der Waals surface area contributed by atoms with Crippen molar-refractivity contribution in [3.05, 3.63) is 52.1 Å². The van der Waals surface area contributed by atoms with Crippen LogP contribution >= 0.6 is 0 Å². The Hall–Kier alpha value is -1.83. The third-order valence-electron chi connectivity index (χ3n) is 4.66.